The molecule has 0 spiro atoms. The molecule has 1 rings (SSSR count). The van der Waals surface area contributed by atoms with Crippen LogP contribution in [0.25, 0.3) is 0 Å². The molecule has 58 valence electrons. The van der Waals surface area contributed by atoms with Gasteiger partial charge in [0.2, 0.25) is 0 Å². The third kappa shape index (κ3) is 0.938. The summed E-state index contributed by atoms with van der Waals surface area (Å²) in [5.41, 5.74) is 1.57. The van der Waals surface area contributed by atoms with Crippen molar-refractivity contribution in [2.75, 3.05) is 6.54 Å². The Kier molecular flexibility index (Phi) is 1.76. The van der Waals surface area contributed by atoms with Crippen molar-refractivity contribution in [2.24, 2.45) is 11.3 Å². The number of nitrogens with one attached hydrogen (secondary N) is 1. The second kappa shape index (κ2) is 2.30. The molecule has 0 radical (unpaired) electrons. The summed E-state index contributed by atoms with van der Waals surface area (Å²) in [7, 11) is 0. The zero-order valence-corrected chi connectivity index (χ0v) is 7.20. The normalized spacial score (nSPS) is 33.0. The molecule has 1 heteroatoms. The lowest BCUT2D eigenvalue weighted by molar-refractivity contribution is 0.289. The van der Waals surface area contributed by atoms with Gasteiger partial charge in [-0.15, -0.1) is 0 Å². The zero-order chi connectivity index (χ0) is 7.78. The molecule has 0 aromatic heterocycles. The third-order valence-corrected chi connectivity index (χ3v) is 2.95. The summed E-state index contributed by atoms with van der Waals surface area (Å²) in [5, 5.41) is 3.30. The van der Waals surface area contributed by atoms with E-state index in [1.807, 2.05) is 0 Å². The van der Waals surface area contributed by atoms with E-state index in [9.17, 15) is 0 Å². The molecule has 1 fully saturated rings. The van der Waals surface area contributed by atoms with Crippen LogP contribution in [0.4, 0.5) is 0 Å². The highest BCUT2D eigenvalue weighted by Crippen LogP contribution is 2.39. The lowest BCUT2D eigenvalue weighted by Crippen LogP contribution is -2.23. The summed E-state index contributed by atoms with van der Waals surface area (Å²) in [5.74, 6) is 0.704. The van der Waals surface area contributed by atoms with E-state index in [2.05, 4.69) is 32.7 Å². The average Bonchev–Trinajstić information content (AvgIpc) is 2.15. The van der Waals surface area contributed by atoms with Crippen LogP contribution >= 0.6 is 0 Å². The van der Waals surface area contributed by atoms with Gasteiger partial charge in [0.1, 0.15) is 0 Å². The topological polar surface area (TPSA) is 12.0 Å². The van der Waals surface area contributed by atoms with E-state index in [1.165, 1.54) is 12.1 Å². The maximum absolute atomic E-state index is 4.02. The van der Waals surface area contributed by atoms with E-state index in [0.717, 1.165) is 6.54 Å². The molecule has 0 aromatic rings. The molecule has 0 unspecified atom stereocenters. The van der Waals surface area contributed by atoms with Gasteiger partial charge in [0, 0.05) is 17.7 Å². The molecule has 10 heavy (non-hydrogen) atoms. The fraction of sp³-hybridized carbons (Fsp3) is 0.778. The SMILES string of the molecule is C=C1NCC[C@@]1(C)C(C)C. The zero-order valence-electron chi connectivity index (χ0n) is 7.20. The van der Waals surface area contributed by atoms with Gasteiger partial charge in [-0.1, -0.05) is 27.4 Å². The minimum Gasteiger partial charge on any atom is -0.388 e. The van der Waals surface area contributed by atoms with Crippen molar-refractivity contribution in [1.82, 2.24) is 5.32 Å². The van der Waals surface area contributed by atoms with Crippen LogP contribution in [0.2, 0.25) is 0 Å². The van der Waals surface area contributed by atoms with Crippen molar-refractivity contribution in [3.05, 3.63) is 12.3 Å². The number of hydrogen-bond acceptors (Lipinski definition) is 1. The second-order valence-electron chi connectivity index (χ2n) is 3.73. The Hall–Kier alpha value is -0.460. The van der Waals surface area contributed by atoms with Gasteiger partial charge in [-0.05, 0) is 12.3 Å². The Balaban J connectivity index is 2.75. The van der Waals surface area contributed by atoms with Crippen LogP contribution in [-0.2, 0) is 0 Å². The minimum atomic E-state index is 0.347. The molecule has 1 saturated heterocycles. The fourth-order valence-corrected chi connectivity index (χ4v) is 1.46. The first-order valence-electron chi connectivity index (χ1n) is 4.00. The summed E-state index contributed by atoms with van der Waals surface area (Å²) in [6.45, 7) is 11.9. The molecule has 1 N–H and O–H groups in total. The van der Waals surface area contributed by atoms with Crippen molar-refractivity contribution in [3.63, 3.8) is 0 Å². The molecule has 0 aliphatic carbocycles. The number of rotatable bonds is 1. The van der Waals surface area contributed by atoms with Gasteiger partial charge in [-0.2, -0.15) is 0 Å². The first kappa shape index (κ1) is 7.64. The van der Waals surface area contributed by atoms with Crippen molar-refractivity contribution < 1.29 is 0 Å². The molecule has 1 nitrogen and oxygen atoms in total. The number of hydrogen-bond donors (Lipinski definition) is 1. The molecule has 1 aliphatic rings. The van der Waals surface area contributed by atoms with Gasteiger partial charge in [0.15, 0.2) is 0 Å². The van der Waals surface area contributed by atoms with Crippen LogP contribution in [0.3, 0.4) is 0 Å². The minimum absolute atomic E-state index is 0.347. The quantitative estimate of drug-likeness (QED) is 0.587. The molecular weight excluding hydrogens is 122 g/mol. The van der Waals surface area contributed by atoms with E-state index in [1.54, 1.807) is 0 Å². The van der Waals surface area contributed by atoms with Crippen LogP contribution in [0.5, 0.6) is 0 Å². The highest BCUT2D eigenvalue weighted by molar-refractivity contribution is 5.12. The summed E-state index contributed by atoms with van der Waals surface area (Å²) >= 11 is 0. The third-order valence-electron chi connectivity index (χ3n) is 2.95. The number of allylic oxidation sites excluding steroid dienone is 1. The fourth-order valence-electron chi connectivity index (χ4n) is 1.46. The molecule has 0 amide bonds. The molecule has 0 bridgehead atoms. The van der Waals surface area contributed by atoms with Crippen molar-refractivity contribution in [1.29, 1.82) is 0 Å². The highest BCUT2D eigenvalue weighted by Gasteiger charge is 2.35. The summed E-state index contributed by atoms with van der Waals surface area (Å²) < 4.78 is 0. The van der Waals surface area contributed by atoms with Gasteiger partial charge in [-0.25, -0.2) is 0 Å². The van der Waals surface area contributed by atoms with Crippen molar-refractivity contribution >= 4 is 0 Å². The Labute approximate surface area is 63.5 Å². The lowest BCUT2D eigenvalue weighted by Gasteiger charge is -2.28. The van der Waals surface area contributed by atoms with Crippen LogP contribution < -0.4 is 5.32 Å². The maximum atomic E-state index is 4.02. The van der Waals surface area contributed by atoms with E-state index in [0.29, 0.717) is 11.3 Å². The summed E-state index contributed by atoms with van der Waals surface area (Å²) in [4.78, 5) is 0. The smallest absolute Gasteiger partial charge is 0.0153 e. The van der Waals surface area contributed by atoms with E-state index < -0.39 is 0 Å². The Bertz CT molecular complexity index is 149. The molecular formula is C9H17N. The van der Waals surface area contributed by atoms with Gasteiger partial charge < -0.3 is 5.32 Å². The summed E-state index contributed by atoms with van der Waals surface area (Å²) in [6, 6.07) is 0. The van der Waals surface area contributed by atoms with Crippen LogP contribution in [-0.4, -0.2) is 6.54 Å². The Morgan fingerprint density at radius 1 is 1.60 bits per heavy atom. The van der Waals surface area contributed by atoms with Gasteiger partial charge >= 0.3 is 0 Å². The van der Waals surface area contributed by atoms with E-state index in [4.69, 9.17) is 0 Å². The highest BCUT2D eigenvalue weighted by atomic mass is 14.9. The van der Waals surface area contributed by atoms with Crippen LogP contribution in [0.15, 0.2) is 12.3 Å². The summed E-state index contributed by atoms with van der Waals surface area (Å²) in [6.07, 6.45) is 1.24. The standard InChI is InChI=1S/C9H17N/c1-7(2)9(4)5-6-10-8(9)3/h7,10H,3,5-6H2,1-2,4H3/t9-/m0/s1. The molecule has 0 aromatic carbocycles. The van der Waals surface area contributed by atoms with Crippen molar-refractivity contribution in [2.45, 2.75) is 27.2 Å². The van der Waals surface area contributed by atoms with Crippen molar-refractivity contribution in [3.8, 4) is 0 Å². The van der Waals surface area contributed by atoms with Crippen LogP contribution in [0.1, 0.15) is 27.2 Å². The second-order valence-corrected chi connectivity index (χ2v) is 3.73. The predicted molar refractivity (Wildman–Crippen MR) is 44.7 cm³/mol. The average molecular weight is 139 g/mol. The van der Waals surface area contributed by atoms with E-state index in [-0.39, 0.29) is 0 Å². The monoisotopic (exact) mass is 139 g/mol. The molecule has 0 saturated carbocycles. The first-order chi connectivity index (χ1) is 4.57. The lowest BCUT2D eigenvalue weighted by atomic mass is 9.76. The van der Waals surface area contributed by atoms with Crippen LogP contribution in [0, 0.1) is 11.3 Å². The molecule has 1 heterocycles. The Morgan fingerprint density at radius 2 is 2.20 bits per heavy atom. The predicted octanol–water partition coefficient (Wildman–Crippen LogP) is 2.16. The first-order valence-corrected chi connectivity index (χ1v) is 4.00. The van der Waals surface area contributed by atoms with E-state index >= 15 is 0 Å². The maximum Gasteiger partial charge on any atom is 0.0153 e. The largest absolute Gasteiger partial charge is 0.388 e. The Morgan fingerprint density at radius 3 is 2.40 bits per heavy atom. The van der Waals surface area contributed by atoms with Gasteiger partial charge in [0.05, 0.1) is 0 Å². The van der Waals surface area contributed by atoms with Gasteiger partial charge in [-0.3, -0.25) is 0 Å². The van der Waals surface area contributed by atoms with Gasteiger partial charge in [0.25, 0.3) is 0 Å². The molecule has 1 atom stereocenters. The molecule has 1 aliphatic heterocycles.